The highest BCUT2D eigenvalue weighted by molar-refractivity contribution is 6.30. The topological polar surface area (TPSA) is 47.0 Å². The van der Waals surface area contributed by atoms with E-state index in [9.17, 15) is 0 Å². The van der Waals surface area contributed by atoms with Crippen LogP contribution in [0.2, 0.25) is 5.02 Å². The largest absolute Gasteiger partial charge is 0.381 e. The van der Waals surface area contributed by atoms with Crippen molar-refractivity contribution < 1.29 is 4.74 Å². The number of anilines is 1. The minimum atomic E-state index is 0.560. The summed E-state index contributed by atoms with van der Waals surface area (Å²) in [7, 11) is 0. The number of nitrogens with zero attached hydrogens (tertiary/aromatic N) is 2. The van der Waals surface area contributed by atoms with Crippen molar-refractivity contribution in [2.24, 2.45) is 5.92 Å². The van der Waals surface area contributed by atoms with Crippen LogP contribution in [-0.4, -0.2) is 29.7 Å². The molecule has 0 amide bonds. The Morgan fingerprint density at radius 1 is 1.47 bits per heavy atom. The normalized spacial score (nSPS) is 20.5. The first kappa shape index (κ1) is 10.6. The van der Waals surface area contributed by atoms with E-state index >= 15 is 0 Å². The van der Waals surface area contributed by atoms with Crippen molar-refractivity contribution in [3.63, 3.8) is 0 Å². The van der Waals surface area contributed by atoms with Crippen LogP contribution in [0.3, 0.4) is 0 Å². The lowest BCUT2D eigenvalue weighted by Gasteiger charge is -2.08. The molecular weight excluding hydrogens is 214 g/mol. The summed E-state index contributed by atoms with van der Waals surface area (Å²) in [6.07, 6.45) is 5.46. The van der Waals surface area contributed by atoms with Gasteiger partial charge in [-0.2, -0.15) is 0 Å². The highest BCUT2D eigenvalue weighted by atomic mass is 35.5. The SMILES string of the molecule is Clc1cnc(NCCC2CCOC2)nc1. The van der Waals surface area contributed by atoms with E-state index in [2.05, 4.69) is 15.3 Å². The number of hydrogen-bond acceptors (Lipinski definition) is 4. The number of aromatic nitrogens is 2. The summed E-state index contributed by atoms with van der Waals surface area (Å²) in [5.41, 5.74) is 0. The lowest BCUT2D eigenvalue weighted by Crippen LogP contribution is -2.10. The molecule has 5 heteroatoms. The molecule has 1 N–H and O–H groups in total. The van der Waals surface area contributed by atoms with Crippen molar-refractivity contribution >= 4 is 17.5 Å². The van der Waals surface area contributed by atoms with Gasteiger partial charge in [0.15, 0.2) is 0 Å². The van der Waals surface area contributed by atoms with Gasteiger partial charge in [0.25, 0.3) is 0 Å². The van der Waals surface area contributed by atoms with E-state index in [1.165, 1.54) is 6.42 Å². The molecular formula is C10H14ClN3O. The van der Waals surface area contributed by atoms with Gasteiger partial charge in [0.05, 0.1) is 17.4 Å². The van der Waals surface area contributed by atoms with Crippen molar-refractivity contribution in [3.8, 4) is 0 Å². The lowest BCUT2D eigenvalue weighted by atomic mass is 10.1. The summed E-state index contributed by atoms with van der Waals surface area (Å²) in [4.78, 5) is 8.11. The summed E-state index contributed by atoms with van der Waals surface area (Å²) in [5.74, 6) is 1.32. The Morgan fingerprint density at radius 2 is 2.27 bits per heavy atom. The van der Waals surface area contributed by atoms with Gasteiger partial charge in [0.2, 0.25) is 5.95 Å². The zero-order chi connectivity index (χ0) is 10.5. The van der Waals surface area contributed by atoms with Crippen molar-refractivity contribution in [1.29, 1.82) is 0 Å². The maximum Gasteiger partial charge on any atom is 0.222 e. The molecule has 0 bridgehead atoms. The quantitative estimate of drug-likeness (QED) is 0.855. The van der Waals surface area contributed by atoms with Crippen LogP contribution < -0.4 is 5.32 Å². The molecule has 4 nitrogen and oxygen atoms in total. The first-order valence-corrected chi connectivity index (χ1v) is 5.51. The van der Waals surface area contributed by atoms with Gasteiger partial charge < -0.3 is 10.1 Å². The molecule has 82 valence electrons. The van der Waals surface area contributed by atoms with Gasteiger partial charge in [0, 0.05) is 19.8 Å². The fraction of sp³-hybridized carbons (Fsp3) is 0.600. The van der Waals surface area contributed by atoms with E-state index in [-0.39, 0.29) is 0 Å². The second kappa shape index (κ2) is 5.28. The van der Waals surface area contributed by atoms with Crippen LogP contribution >= 0.6 is 11.6 Å². The number of hydrogen-bond donors (Lipinski definition) is 1. The number of nitrogens with one attached hydrogen (secondary N) is 1. The Kier molecular flexibility index (Phi) is 3.75. The average molecular weight is 228 g/mol. The van der Waals surface area contributed by atoms with Gasteiger partial charge in [-0.3, -0.25) is 0 Å². The number of ether oxygens (including phenoxy) is 1. The summed E-state index contributed by atoms with van der Waals surface area (Å²) < 4.78 is 5.30. The minimum absolute atomic E-state index is 0.560. The molecule has 15 heavy (non-hydrogen) atoms. The third-order valence-corrected chi connectivity index (χ3v) is 2.68. The van der Waals surface area contributed by atoms with E-state index < -0.39 is 0 Å². The first-order valence-electron chi connectivity index (χ1n) is 5.14. The van der Waals surface area contributed by atoms with Crippen LogP contribution in [0.25, 0.3) is 0 Å². The maximum atomic E-state index is 5.68. The Labute approximate surface area is 94.0 Å². The van der Waals surface area contributed by atoms with Crippen LogP contribution in [0.5, 0.6) is 0 Å². The lowest BCUT2D eigenvalue weighted by molar-refractivity contribution is 0.185. The van der Waals surface area contributed by atoms with E-state index in [4.69, 9.17) is 16.3 Å². The Bertz CT molecular complexity index is 298. The summed E-state index contributed by atoms with van der Waals surface area (Å²) in [6.45, 7) is 2.68. The molecule has 0 spiro atoms. The molecule has 1 aromatic heterocycles. The molecule has 1 atom stereocenters. The van der Waals surface area contributed by atoms with Crippen LogP contribution in [0.4, 0.5) is 5.95 Å². The van der Waals surface area contributed by atoms with Crippen LogP contribution in [0.15, 0.2) is 12.4 Å². The molecule has 1 fully saturated rings. The first-order chi connectivity index (χ1) is 7.34. The average Bonchev–Trinajstić information content (AvgIpc) is 2.74. The second-order valence-electron chi connectivity index (χ2n) is 3.67. The predicted molar refractivity (Wildman–Crippen MR) is 59.1 cm³/mol. The number of rotatable bonds is 4. The highest BCUT2D eigenvalue weighted by Crippen LogP contribution is 2.16. The van der Waals surface area contributed by atoms with Crippen molar-refractivity contribution in [1.82, 2.24) is 9.97 Å². The Hall–Kier alpha value is -0.870. The van der Waals surface area contributed by atoms with Crippen LogP contribution in [0, 0.1) is 5.92 Å². The smallest absolute Gasteiger partial charge is 0.222 e. The fourth-order valence-electron chi connectivity index (χ4n) is 1.60. The molecule has 0 radical (unpaired) electrons. The van der Waals surface area contributed by atoms with Gasteiger partial charge in [-0.25, -0.2) is 9.97 Å². The van der Waals surface area contributed by atoms with Crippen molar-refractivity contribution in [2.45, 2.75) is 12.8 Å². The Balaban J connectivity index is 1.71. The molecule has 1 aliphatic rings. The van der Waals surface area contributed by atoms with Crippen LogP contribution in [-0.2, 0) is 4.74 Å². The predicted octanol–water partition coefficient (Wildman–Crippen LogP) is 1.97. The summed E-state index contributed by atoms with van der Waals surface area (Å²) >= 11 is 5.68. The van der Waals surface area contributed by atoms with E-state index in [0.717, 1.165) is 26.2 Å². The third-order valence-electron chi connectivity index (χ3n) is 2.48. The third kappa shape index (κ3) is 3.32. The summed E-state index contributed by atoms with van der Waals surface area (Å²) in [5, 5.41) is 3.72. The molecule has 0 aromatic carbocycles. The minimum Gasteiger partial charge on any atom is -0.381 e. The molecule has 1 saturated heterocycles. The van der Waals surface area contributed by atoms with Gasteiger partial charge >= 0.3 is 0 Å². The van der Waals surface area contributed by atoms with Gasteiger partial charge in [-0.1, -0.05) is 11.6 Å². The molecule has 2 heterocycles. The van der Waals surface area contributed by atoms with E-state index in [0.29, 0.717) is 16.9 Å². The Morgan fingerprint density at radius 3 is 2.93 bits per heavy atom. The van der Waals surface area contributed by atoms with Gasteiger partial charge in [0.1, 0.15) is 0 Å². The molecule has 0 aliphatic carbocycles. The molecule has 1 aliphatic heterocycles. The highest BCUT2D eigenvalue weighted by Gasteiger charge is 2.14. The molecule has 0 saturated carbocycles. The second-order valence-corrected chi connectivity index (χ2v) is 4.11. The van der Waals surface area contributed by atoms with Crippen LogP contribution in [0.1, 0.15) is 12.8 Å². The van der Waals surface area contributed by atoms with E-state index in [1.807, 2.05) is 0 Å². The van der Waals surface area contributed by atoms with Crippen molar-refractivity contribution in [2.75, 3.05) is 25.1 Å². The zero-order valence-corrected chi connectivity index (χ0v) is 9.20. The standard InChI is InChI=1S/C10H14ClN3O/c11-9-5-13-10(14-6-9)12-3-1-8-2-4-15-7-8/h5-6,8H,1-4,7H2,(H,12,13,14). The van der Waals surface area contributed by atoms with Crippen molar-refractivity contribution in [3.05, 3.63) is 17.4 Å². The fourth-order valence-corrected chi connectivity index (χ4v) is 1.70. The van der Waals surface area contributed by atoms with Gasteiger partial charge in [-0.15, -0.1) is 0 Å². The number of halogens is 1. The maximum absolute atomic E-state index is 5.68. The zero-order valence-electron chi connectivity index (χ0n) is 8.45. The monoisotopic (exact) mass is 227 g/mol. The molecule has 2 rings (SSSR count). The molecule has 1 unspecified atom stereocenters. The van der Waals surface area contributed by atoms with E-state index in [1.54, 1.807) is 12.4 Å². The summed E-state index contributed by atoms with van der Waals surface area (Å²) in [6, 6.07) is 0. The van der Waals surface area contributed by atoms with Gasteiger partial charge in [-0.05, 0) is 18.8 Å². The molecule has 1 aromatic rings.